The standard InChI is InChI=1S/C36H71NO2/c1-3-5-7-9-11-13-15-17-19-21-23-25-27-29-31-33-36(39)37-35(34-38)32-30-28-26-24-22-20-18-16-14-12-10-8-6-4-2/h28,30,35,38H,3-27,29,31-34H2,1-2H3,(H,37,39)/b30-28+/t35-/m0/s1. The lowest BCUT2D eigenvalue weighted by atomic mass is 10.0. The molecule has 0 saturated carbocycles. The SMILES string of the molecule is CCCCCCCCCCCCC/C=C/C[C@@H](CO)NC(=O)CCCCCCCCCCCCCCCCC. The lowest BCUT2D eigenvalue weighted by Crippen LogP contribution is -2.36. The average molecular weight is 550 g/mol. The van der Waals surface area contributed by atoms with Gasteiger partial charge in [-0.25, -0.2) is 0 Å². The molecule has 0 aromatic rings. The maximum absolute atomic E-state index is 12.2. The summed E-state index contributed by atoms with van der Waals surface area (Å²) in [5.41, 5.74) is 0. The van der Waals surface area contributed by atoms with Crippen molar-refractivity contribution in [3.63, 3.8) is 0 Å². The van der Waals surface area contributed by atoms with E-state index in [1.807, 2.05) is 0 Å². The summed E-state index contributed by atoms with van der Waals surface area (Å²) in [6, 6.07) is -0.137. The van der Waals surface area contributed by atoms with Crippen LogP contribution in [-0.2, 0) is 4.79 Å². The van der Waals surface area contributed by atoms with Gasteiger partial charge < -0.3 is 10.4 Å². The number of amides is 1. The zero-order valence-corrected chi connectivity index (χ0v) is 26.8. The van der Waals surface area contributed by atoms with Crippen LogP contribution in [0, 0.1) is 0 Å². The van der Waals surface area contributed by atoms with E-state index in [1.54, 1.807) is 0 Å². The van der Waals surface area contributed by atoms with E-state index in [-0.39, 0.29) is 18.6 Å². The highest BCUT2D eigenvalue weighted by molar-refractivity contribution is 5.76. The van der Waals surface area contributed by atoms with Gasteiger partial charge in [0.15, 0.2) is 0 Å². The second-order valence-corrected chi connectivity index (χ2v) is 12.2. The van der Waals surface area contributed by atoms with Crippen molar-refractivity contribution in [2.45, 2.75) is 206 Å². The van der Waals surface area contributed by atoms with E-state index in [0.29, 0.717) is 6.42 Å². The number of carbonyl (C=O) groups is 1. The number of aliphatic hydroxyl groups is 1. The third kappa shape index (κ3) is 31.6. The maximum atomic E-state index is 12.2. The number of hydrogen-bond donors (Lipinski definition) is 2. The minimum atomic E-state index is -0.137. The highest BCUT2D eigenvalue weighted by atomic mass is 16.3. The van der Waals surface area contributed by atoms with Gasteiger partial charge in [-0.15, -0.1) is 0 Å². The lowest BCUT2D eigenvalue weighted by Gasteiger charge is -2.14. The molecule has 1 atom stereocenters. The molecule has 0 saturated heterocycles. The third-order valence-electron chi connectivity index (χ3n) is 8.15. The minimum absolute atomic E-state index is 0.0212. The van der Waals surface area contributed by atoms with Gasteiger partial charge in [0.25, 0.3) is 0 Å². The molecule has 39 heavy (non-hydrogen) atoms. The summed E-state index contributed by atoms with van der Waals surface area (Å²) in [7, 11) is 0. The minimum Gasteiger partial charge on any atom is -0.394 e. The second-order valence-electron chi connectivity index (χ2n) is 12.2. The molecule has 0 aliphatic rings. The summed E-state index contributed by atoms with van der Waals surface area (Å²) in [5, 5.41) is 12.7. The monoisotopic (exact) mass is 550 g/mol. The van der Waals surface area contributed by atoms with Crippen molar-refractivity contribution in [3.8, 4) is 0 Å². The fraction of sp³-hybridized carbons (Fsp3) is 0.917. The van der Waals surface area contributed by atoms with Gasteiger partial charge in [-0.3, -0.25) is 4.79 Å². The summed E-state index contributed by atoms with van der Waals surface area (Å²) >= 11 is 0. The van der Waals surface area contributed by atoms with Crippen LogP contribution in [0.3, 0.4) is 0 Å². The normalized spacial score (nSPS) is 12.4. The smallest absolute Gasteiger partial charge is 0.220 e. The van der Waals surface area contributed by atoms with Crippen molar-refractivity contribution < 1.29 is 9.90 Å². The molecule has 1 amide bonds. The second kappa shape index (κ2) is 33.4. The number of allylic oxidation sites excluding steroid dienone is 1. The first kappa shape index (κ1) is 38.2. The third-order valence-corrected chi connectivity index (χ3v) is 8.15. The summed E-state index contributed by atoms with van der Waals surface area (Å²) in [6.07, 6.45) is 42.1. The van der Waals surface area contributed by atoms with E-state index in [1.165, 1.54) is 154 Å². The fourth-order valence-electron chi connectivity index (χ4n) is 5.44. The molecule has 0 aromatic heterocycles. The molecule has 0 spiro atoms. The van der Waals surface area contributed by atoms with Crippen molar-refractivity contribution in [2.75, 3.05) is 6.61 Å². The van der Waals surface area contributed by atoms with Crippen LogP contribution >= 0.6 is 0 Å². The van der Waals surface area contributed by atoms with Crippen molar-refractivity contribution in [3.05, 3.63) is 12.2 Å². The largest absolute Gasteiger partial charge is 0.394 e. The molecule has 2 N–H and O–H groups in total. The van der Waals surface area contributed by atoms with Crippen LogP contribution in [0.2, 0.25) is 0 Å². The predicted molar refractivity (Wildman–Crippen MR) is 173 cm³/mol. The van der Waals surface area contributed by atoms with Crippen LogP contribution in [0.5, 0.6) is 0 Å². The molecule has 0 radical (unpaired) electrons. The lowest BCUT2D eigenvalue weighted by molar-refractivity contribution is -0.122. The van der Waals surface area contributed by atoms with Gasteiger partial charge in [0.05, 0.1) is 12.6 Å². The van der Waals surface area contributed by atoms with Crippen molar-refractivity contribution in [2.24, 2.45) is 0 Å². The Morgan fingerprint density at radius 2 is 0.897 bits per heavy atom. The van der Waals surface area contributed by atoms with Crippen molar-refractivity contribution >= 4 is 5.91 Å². The molecule has 232 valence electrons. The number of carbonyl (C=O) groups excluding carboxylic acids is 1. The van der Waals surface area contributed by atoms with Gasteiger partial charge in [0, 0.05) is 6.42 Å². The Kier molecular flexibility index (Phi) is 32.7. The first-order valence-electron chi connectivity index (χ1n) is 17.8. The predicted octanol–water partition coefficient (Wildman–Crippen LogP) is 11.4. The summed E-state index contributed by atoms with van der Waals surface area (Å²) in [5.74, 6) is 0.0995. The first-order chi connectivity index (χ1) is 19.2. The molecule has 0 aliphatic heterocycles. The molecule has 0 unspecified atom stereocenters. The Morgan fingerprint density at radius 1 is 0.538 bits per heavy atom. The van der Waals surface area contributed by atoms with Gasteiger partial charge in [0.1, 0.15) is 0 Å². The Morgan fingerprint density at radius 3 is 1.28 bits per heavy atom. The zero-order chi connectivity index (χ0) is 28.5. The Hall–Kier alpha value is -0.830. The van der Waals surface area contributed by atoms with Crippen LogP contribution in [-0.4, -0.2) is 23.7 Å². The number of nitrogens with one attached hydrogen (secondary N) is 1. The van der Waals surface area contributed by atoms with Gasteiger partial charge in [-0.05, 0) is 25.7 Å². The first-order valence-corrected chi connectivity index (χ1v) is 17.8. The van der Waals surface area contributed by atoms with Crippen LogP contribution < -0.4 is 5.32 Å². The quantitative estimate of drug-likeness (QED) is 0.0647. The summed E-state index contributed by atoms with van der Waals surface area (Å²) in [6.45, 7) is 4.58. The highest BCUT2D eigenvalue weighted by Crippen LogP contribution is 2.14. The number of hydrogen-bond acceptors (Lipinski definition) is 2. The van der Waals surface area contributed by atoms with Gasteiger partial charge in [-0.1, -0.05) is 180 Å². The van der Waals surface area contributed by atoms with E-state index < -0.39 is 0 Å². The molecule has 0 aromatic carbocycles. The van der Waals surface area contributed by atoms with Crippen molar-refractivity contribution in [1.82, 2.24) is 5.32 Å². The van der Waals surface area contributed by atoms with Gasteiger partial charge in [-0.2, -0.15) is 0 Å². The number of aliphatic hydroxyl groups excluding tert-OH is 1. The molecule has 0 aliphatic carbocycles. The number of unbranched alkanes of at least 4 members (excludes halogenated alkanes) is 25. The Balaban J connectivity index is 3.46. The van der Waals surface area contributed by atoms with E-state index >= 15 is 0 Å². The van der Waals surface area contributed by atoms with E-state index in [2.05, 4.69) is 31.3 Å². The van der Waals surface area contributed by atoms with E-state index in [9.17, 15) is 9.90 Å². The van der Waals surface area contributed by atoms with Crippen LogP contribution in [0.4, 0.5) is 0 Å². The highest BCUT2D eigenvalue weighted by Gasteiger charge is 2.09. The van der Waals surface area contributed by atoms with Gasteiger partial charge in [0.2, 0.25) is 5.91 Å². The molecule has 0 fully saturated rings. The van der Waals surface area contributed by atoms with E-state index in [0.717, 1.165) is 25.7 Å². The maximum Gasteiger partial charge on any atom is 0.220 e. The molecular formula is C36H71NO2. The summed E-state index contributed by atoms with van der Waals surface area (Å²) in [4.78, 5) is 12.2. The fourth-order valence-corrected chi connectivity index (χ4v) is 5.44. The number of rotatable bonds is 32. The average Bonchev–Trinajstić information content (AvgIpc) is 2.94. The van der Waals surface area contributed by atoms with E-state index in [4.69, 9.17) is 0 Å². The Bertz CT molecular complexity index is 504. The summed E-state index contributed by atoms with van der Waals surface area (Å²) < 4.78 is 0. The van der Waals surface area contributed by atoms with Crippen LogP contribution in [0.15, 0.2) is 12.2 Å². The van der Waals surface area contributed by atoms with Crippen LogP contribution in [0.25, 0.3) is 0 Å². The van der Waals surface area contributed by atoms with Crippen molar-refractivity contribution in [1.29, 1.82) is 0 Å². The molecule has 0 rings (SSSR count). The van der Waals surface area contributed by atoms with Crippen LogP contribution in [0.1, 0.15) is 200 Å². The molecule has 0 bridgehead atoms. The molecule has 0 heterocycles. The zero-order valence-electron chi connectivity index (χ0n) is 26.8. The molecule has 3 nitrogen and oxygen atoms in total. The Labute approximate surface area is 245 Å². The molecule has 3 heteroatoms. The van der Waals surface area contributed by atoms with Gasteiger partial charge >= 0.3 is 0 Å². The molecular weight excluding hydrogens is 478 g/mol. The topological polar surface area (TPSA) is 49.3 Å².